The lowest BCUT2D eigenvalue weighted by atomic mass is 10.0. The van der Waals surface area contributed by atoms with Gasteiger partial charge in [0.2, 0.25) is 0 Å². The van der Waals surface area contributed by atoms with E-state index in [1.807, 2.05) is 34.9 Å². The molecule has 0 radical (unpaired) electrons. The third-order valence-corrected chi connectivity index (χ3v) is 18.1. The number of ether oxygens (including phenoxy) is 4. The van der Waals surface area contributed by atoms with E-state index in [0.717, 1.165) is 22.7 Å². The third-order valence-electron chi connectivity index (χ3n) is 10.1. The SMILES string of the molecule is CC(C)(C)[Si](C)(C)OC1CO[C@H]2[C@@H]1OC[C@H]2Oc1nc2nc(-c3ccc(C4=CCS(=O)(=O)CC4)cc3)c(Cl)cc2n1COCC[Si](C)(C)C. The quantitative estimate of drug-likeness (QED) is 0.149. The lowest BCUT2D eigenvalue weighted by molar-refractivity contribution is 0.00691. The van der Waals surface area contributed by atoms with Crippen molar-refractivity contribution in [2.24, 2.45) is 0 Å². The Kier molecular flexibility index (Phi) is 10.3. The molecule has 2 fully saturated rings. The van der Waals surface area contributed by atoms with Crippen molar-refractivity contribution >= 4 is 54.6 Å². The molecule has 3 aliphatic rings. The Morgan fingerprint density at radius 2 is 1.63 bits per heavy atom. The second kappa shape index (κ2) is 13.8. The van der Waals surface area contributed by atoms with Gasteiger partial charge in [0.1, 0.15) is 18.9 Å². The summed E-state index contributed by atoms with van der Waals surface area (Å²) in [4.78, 5) is 9.77. The number of pyridine rings is 1. The van der Waals surface area contributed by atoms with E-state index < -0.39 is 26.2 Å². The number of fused-ring (bicyclic) bond motifs is 2. The molecule has 1 aromatic carbocycles. The van der Waals surface area contributed by atoms with Gasteiger partial charge in [0.25, 0.3) is 0 Å². The van der Waals surface area contributed by atoms with E-state index in [0.29, 0.717) is 54.1 Å². The summed E-state index contributed by atoms with van der Waals surface area (Å²) in [7, 11) is -6.30. The molecule has 0 saturated carbocycles. The van der Waals surface area contributed by atoms with Crippen molar-refractivity contribution in [3.63, 3.8) is 0 Å². The number of halogens is 1. The number of benzene rings is 1. The monoisotopic (exact) mass is 747 g/mol. The van der Waals surface area contributed by atoms with Gasteiger partial charge < -0.3 is 23.4 Å². The van der Waals surface area contributed by atoms with Crippen LogP contribution in [0.3, 0.4) is 0 Å². The fourth-order valence-corrected chi connectivity index (χ4v) is 9.54. The maximum atomic E-state index is 11.9. The van der Waals surface area contributed by atoms with Crippen molar-refractivity contribution in [1.29, 1.82) is 0 Å². The molecule has 268 valence electrons. The number of allylic oxidation sites excluding steroid dienone is 1. The standard InChI is InChI=1S/C35H50ClN3O7SSi2/c1-35(2,3)49(7,8)46-29-21-44-31-28(20-43-32(29)31)45-34-38-33-27(39(34)22-42-15-18-48(4,5)6)19-26(36)30(37-33)25-11-9-23(10-12-25)24-13-16-47(40,41)17-14-24/h9-13,19,28-29,31-32H,14-18,20-22H2,1-8H3/t28-,29?,31-,32-/m1/s1. The Morgan fingerprint density at radius 1 is 0.980 bits per heavy atom. The Labute approximate surface area is 297 Å². The van der Waals surface area contributed by atoms with Gasteiger partial charge in [-0.3, -0.25) is 4.57 Å². The van der Waals surface area contributed by atoms with E-state index in [1.165, 1.54) is 0 Å². The summed E-state index contributed by atoms with van der Waals surface area (Å²) in [5, 5.41) is 0.556. The lowest BCUT2D eigenvalue weighted by Gasteiger charge is -2.39. The molecule has 0 bridgehead atoms. The van der Waals surface area contributed by atoms with Crippen LogP contribution in [0.2, 0.25) is 48.8 Å². The highest BCUT2D eigenvalue weighted by Crippen LogP contribution is 2.41. The lowest BCUT2D eigenvalue weighted by Crippen LogP contribution is -2.47. The van der Waals surface area contributed by atoms with Crippen LogP contribution in [0.5, 0.6) is 6.01 Å². The molecule has 49 heavy (non-hydrogen) atoms. The average Bonchev–Trinajstić information content (AvgIpc) is 3.69. The normalized spacial score (nSPS) is 24.3. The van der Waals surface area contributed by atoms with Crippen LogP contribution >= 0.6 is 11.6 Å². The fourth-order valence-electron chi connectivity index (χ4n) is 6.06. The van der Waals surface area contributed by atoms with Gasteiger partial charge in [0.05, 0.1) is 47.1 Å². The Bertz CT molecular complexity index is 1820. The zero-order valence-electron chi connectivity index (χ0n) is 29.9. The molecule has 3 aliphatic heterocycles. The first-order valence-electron chi connectivity index (χ1n) is 17.1. The Balaban J connectivity index is 1.25. The highest BCUT2D eigenvalue weighted by atomic mass is 35.5. The summed E-state index contributed by atoms with van der Waals surface area (Å²) >= 11 is 6.90. The van der Waals surface area contributed by atoms with Crippen molar-refractivity contribution in [2.75, 3.05) is 31.3 Å². The van der Waals surface area contributed by atoms with Crippen LogP contribution in [0.25, 0.3) is 28.0 Å². The van der Waals surface area contributed by atoms with Crippen LogP contribution in [0, 0.1) is 0 Å². The Morgan fingerprint density at radius 3 is 2.27 bits per heavy atom. The maximum Gasteiger partial charge on any atom is 0.301 e. The van der Waals surface area contributed by atoms with E-state index >= 15 is 0 Å². The summed E-state index contributed by atoms with van der Waals surface area (Å²) in [5.74, 6) is 0.250. The molecular formula is C35H50ClN3O7SSi2. The van der Waals surface area contributed by atoms with Crippen LogP contribution in [-0.2, 0) is 35.2 Å². The number of rotatable bonds is 11. The van der Waals surface area contributed by atoms with Gasteiger partial charge in [0, 0.05) is 20.2 Å². The summed E-state index contributed by atoms with van der Waals surface area (Å²) in [6.45, 7) is 19.9. The first kappa shape index (κ1) is 36.7. The van der Waals surface area contributed by atoms with E-state index in [4.69, 9.17) is 44.9 Å². The molecule has 0 amide bonds. The van der Waals surface area contributed by atoms with Gasteiger partial charge in [-0.2, -0.15) is 4.98 Å². The average molecular weight is 748 g/mol. The molecule has 3 aromatic rings. The highest BCUT2D eigenvalue weighted by molar-refractivity contribution is 7.91. The maximum absolute atomic E-state index is 11.9. The van der Waals surface area contributed by atoms with Gasteiger partial charge in [0.15, 0.2) is 29.9 Å². The predicted octanol–water partition coefficient (Wildman–Crippen LogP) is 7.20. The Hall–Kier alpha value is -2.11. The molecule has 6 rings (SSSR count). The molecule has 0 aliphatic carbocycles. The molecule has 14 heteroatoms. The summed E-state index contributed by atoms with van der Waals surface area (Å²) in [6.07, 6.45) is 1.32. The van der Waals surface area contributed by atoms with Crippen LogP contribution < -0.4 is 4.74 Å². The van der Waals surface area contributed by atoms with Crippen molar-refractivity contribution in [1.82, 2.24) is 14.5 Å². The molecular weight excluding hydrogens is 698 g/mol. The van der Waals surface area contributed by atoms with E-state index in [1.54, 1.807) is 6.08 Å². The first-order chi connectivity index (χ1) is 22.9. The molecule has 5 heterocycles. The predicted molar refractivity (Wildman–Crippen MR) is 199 cm³/mol. The summed E-state index contributed by atoms with van der Waals surface area (Å²) in [5.41, 5.74) is 4.67. The smallest absolute Gasteiger partial charge is 0.301 e. The van der Waals surface area contributed by atoms with E-state index in [9.17, 15) is 8.42 Å². The van der Waals surface area contributed by atoms with E-state index in [2.05, 4.69) is 53.5 Å². The topological polar surface area (TPSA) is 111 Å². The van der Waals surface area contributed by atoms with Gasteiger partial charge in [-0.1, -0.05) is 82.4 Å². The highest BCUT2D eigenvalue weighted by Gasteiger charge is 2.52. The van der Waals surface area contributed by atoms with Gasteiger partial charge >= 0.3 is 6.01 Å². The molecule has 10 nitrogen and oxygen atoms in total. The van der Waals surface area contributed by atoms with Crippen molar-refractivity contribution in [3.05, 3.63) is 47.0 Å². The number of aromatic nitrogens is 3. The minimum absolute atomic E-state index is 0.0768. The van der Waals surface area contributed by atoms with Crippen LogP contribution in [0.4, 0.5) is 0 Å². The second-order valence-electron chi connectivity index (χ2n) is 16.2. The van der Waals surface area contributed by atoms with Gasteiger partial charge in [-0.25, -0.2) is 13.4 Å². The molecule has 1 unspecified atom stereocenters. The molecule has 4 atom stereocenters. The van der Waals surface area contributed by atoms with Crippen LogP contribution in [0.1, 0.15) is 32.8 Å². The summed E-state index contributed by atoms with van der Waals surface area (Å²) < 4.78 is 57.6. The number of hydrogen-bond donors (Lipinski definition) is 0. The zero-order chi connectivity index (χ0) is 35.4. The number of nitrogens with zero attached hydrogens (tertiary/aromatic N) is 3. The molecule has 0 spiro atoms. The number of imidazole rings is 1. The van der Waals surface area contributed by atoms with Crippen LogP contribution in [0.15, 0.2) is 36.4 Å². The largest absolute Gasteiger partial charge is 0.456 e. The summed E-state index contributed by atoms with van der Waals surface area (Å²) in [6, 6.07) is 11.2. The minimum atomic E-state index is -2.99. The third kappa shape index (κ3) is 8.19. The van der Waals surface area contributed by atoms with Gasteiger partial charge in [-0.15, -0.1) is 0 Å². The number of sulfone groups is 1. The fraction of sp³-hybridized carbons (Fsp3) is 0.600. The second-order valence-corrected chi connectivity index (χ2v) is 29.2. The number of hydrogen-bond acceptors (Lipinski definition) is 9. The van der Waals surface area contributed by atoms with E-state index in [-0.39, 0.29) is 47.7 Å². The van der Waals surface area contributed by atoms with Crippen molar-refractivity contribution < 1.29 is 31.8 Å². The van der Waals surface area contributed by atoms with Crippen molar-refractivity contribution in [3.8, 4) is 17.3 Å². The van der Waals surface area contributed by atoms with Crippen LogP contribution in [-0.4, -0.2) is 95.1 Å². The minimum Gasteiger partial charge on any atom is -0.456 e. The molecule has 2 aromatic heterocycles. The first-order valence-corrected chi connectivity index (χ1v) is 25.9. The molecule has 0 N–H and O–H groups in total. The zero-order valence-corrected chi connectivity index (χ0v) is 33.5. The van der Waals surface area contributed by atoms with Gasteiger partial charge in [-0.05, 0) is 47.8 Å². The molecule has 2 saturated heterocycles. The van der Waals surface area contributed by atoms with Crippen molar-refractivity contribution in [2.45, 2.75) is 102 Å².